The van der Waals surface area contributed by atoms with Crippen LogP contribution in [0.4, 0.5) is 0 Å². The molecule has 0 aliphatic rings. The van der Waals surface area contributed by atoms with E-state index < -0.39 is 8.32 Å². The third-order valence-corrected chi connectivity index (χ3v) is 5.82. The zero-order chi connectivity index (χ0) is 13.1. The normalized spacial score (nSPS) is 13.9. The predicted molar refractivity (Wildman–Crippen MR) is 77.1 cm³/mol. The molecule has 0 saturated carbocycles. The predicted octanol–water partition coefficient (Wildman–Crippen LogP) is 3.02. The van der Waals surface area contributed by atoms with Crippen LogP contribution in [0.5, 0.6) is 0 Å². The van der Waals surface area contributed by atoms with Gasteiger partial charge in [0.1, 0.15) is 0 Å². The lowest BCUT2D eigenvalue weighted by molar-refractivity contribution is 0.0621. The Morgan fingerprint density at radius 2 is 1.82 bits per heavy atom. The van der Waals surface area contributed by atoms with Crippen molar-refractivity contribution >= 4 is 8.32 Å². The van der Waals surface area contributed by atoms with Crippen LogP contribution in [-0.2, 0) is 9.16 Å². The van der Waals surface area contributed by atoms with Gasteiger partial charge in [-0.25, -0.2) is 0 Å². The molecule has 0 aromatic heterocycles. The molecule has 0 rings (SSSR count). The van der Waals surface area contributed by atoms with Crippen LogP contribution >= 0.6 is 0 Å². The Morgan fingerprint density at radius 1 is 1.18 bits per heavy atom. The Morgan fingerprint density at radius 3 is 2.41 bits per heavy atom. The first-order chi connectivity index (χ1) is 8.02. The van der Waals surface area contributed by atoms with Crippen LogP contribution in [0.25, 0.3) is 0 Å². The van der Waals surface area contributed by atoms with E-state index in [4.69, 9.17) is 9.16 Å². The minimum atomic E-state index is -1.34. The van der Waals surface area contributed by atoms with Gasteiger partial charge < -0.3 is 14.5 Å². The molecule has 3 nitrogen and oxygen atoms in total. The molecule has 17 heavy (non-hydrogen) atoms. The smallest absolute Gasteiger partial charge is 0.186 e. The van der Waals surface area contributed by atoms with Gasteiger partial charge in [-0.3, -0.25) is 0 Å². The highest BCUT2D eigenvalue weighted by Gasteiger charge is 2.18. The van der Waals surface area contributed by atoms with Gasteiger partial charge in [-0.2, -0.15) is 0 Å². The van der Waals surface area contributed by atoms with E-state index in [1.165, 1.54) is 12.5 Å². The summed E-state index contributed by atoms with van der Waals surface area (Å²) in [5.41, 5.74) is 0. The lowest BCUT2D eigenvalue weighted by Crippen LogP contribution is -2.30. The van der Waals surface area contributed by atoms with Crippen molar-refractivity contribution in [2.24, 2.45) is 0 Å². The van der Waals surface area contributed by atoms with Crippen molar-refractivity contribution in [3.05, 3.63) is 0 Å². The van der Waals surface area contributed by atoms with E-state index in [-0.39, 0.29) is 0 Å². The molecule has 0 amide bonds. The molecule has 104 valence electrons. The maximum Gasteiger partial charge on any atom is 0.186 e. The summed E-state index contributed by atoms with van der Waals surface area (Å²) in [6.07, 6.45) is 3.84. The Bertz CT molecular complexity index is 177. The highest BCUT2D eigenvalue weighted by atomic mass is 28.4. The molecule has 4 heteroatoms. The minimum Gasteiger partial charge on any atom is -0.420 e. The second-order valence-electron chi connectivity index (χ2n) is 5.26. The Kier molecular flexibility index (Phi) is 10.1. The summed E-state index contributed by atoms with van der Waals surface area (Å²) in [5.74, 6) is 0. The first kappa shape index (κ1) is 17.1. The van der Waals surface area contributed by atoms with Gasteiger partial charge >= 0.3 is 0 Å². The van der Waals surface area contributed by atoms with Crippen LogP contribution in [0.2, 0.25) is 19.1 Å². The molecule has 1 unspecified atom stereocenters. The molecule has 0 spiro atoms. The standard InChI is InChI=1S/C13H31NO2Si/c1-6-13(2)16-11-7-9-14-10-8-12-17(4,5)15-3/h13-14H,6-12H2,1-5H3. The number of hydrogen-bond acceptors (Lipinski definition) is 3. The van der Waals surface area contributed by atoms with Crippen molar-refractivity contribution in [2.45, 2.75) is 58.4 Å². The highest BCUT2D eigenvalue weighted by molar-refractivity contribution is 6.71. The lowest BCUT2D eigenvalue weighted by Gasteiger charge is -2.19. The quantitative estimate of drug-likeness (QED) is 0.458. The van der Waals surface area contributed by atoms with Gasteiger partial charge in [-0.05, 0) is 58.4 Å². The largest absolute Gasteiger partial charge is 0.420 e. The minimum absolute atomic E-state index is 0.406. The summed E-state index contributed by atoms with van der Waals surface area (Å²) in [6, 6.07) is 1.24. The van der Waals surface area contributed by atoms with Crippen LogP contribution < -0.4 is 5.32 Å². The summed E-state index contributed by atoms with van der Waals surface area (Å²) in [4.78, 5) is 0. The topological polar surface area (TPSA) is 30.5 Å². The number of rotatable bonds is 11. The monoisotopic (exact) mass is 261 g/mol. The maximum absolute atomic E-state index is 5.62. The fourth-order valence-corrected chi connectivity index (χ4v) is 2.70. The molecule has 0 heterocycles. The molecular weight excluding hydrogens is 230 g/mol. The van der Waals surface area contributed by atoms with Gasteiger partial charge in [-0.15, -0.1) is 0 Å². The van der Waals surface area contributed by atoms with E-state index in [1.807, 2.05) is 7.11 Å². The van der Waals surface area contributed by atoms with Gasteiger partial charge in [-0.1, -0.05) is 6.92 Å². The van der Waals surface area contributed by atoms with Crippen LogP contribution in [0, 0.1) is 0 Å². The zero-order valence-electron chi connectivity index (χ0n) is 12.3. The third-order valence-electron chi connectivity index (χ3n) is 3.16. The summed E-state index contributed by atoms with van der Waals surface area (Å²) in [7, 11) is 0.502. The third kappa shape index (κ3) is 10.9. The first-order valence-electron chi connectivity index (χ1n) is 6.89. The lowest BCUT2D eigenvalue weighted by atomic mass is 10.3. The maximum atomic E-state index is 5.62. The number of nitrogens with one attached hydrogen (secondary N) is 1. The highest BCUT2D eigenvalue weighted by Crippen LogP contribution is 2.11. The molecular formula is C13H31NO2Si. The molecule has 0 aromatic rings. The van der Waals surface area contributed by atoms with Crippen molar-refractivity contribution in [3.63, 3.8) is 0 Å². The first-order valence-corrected chi connectivity index (χ1v) is 10.0. The molecule has 1 atom stereocenters. The Labute approximate surface area is 108 Å². The van der Waals surface area contributed by atoms with Gasteiger partial charge in [0, 0.05) is 13.7 Å². The van der Waals surface area contributed by atoms with Crippen molar-refractivity contribution in [1.82, 2.24) is 5.32 Å². The number of ether oxygens (including phenoxy) is 1. The van der Waals surface area contributed by atoms with Crippen molar-refractivity contribution in [3.8, 4) is 0 Å². The van der Waals surface area contributed by atoms with Crippen LogP contribution in [0.15, 0.2) is 0 Å². The van der Waals surface area contributed by atoms with Crippen LogP contribution in [-0.4, -0.2) is 41.2 Å². The second-order valence-corrected chi connectivity index (χ2v) is 9.69. The van der Waals surface area contributed by atoms with Gasteiger partial charge in [0.15, 0.2) is 8.32 Å². The van der Waals surface area contributed by atoms with Gasteiger partial charge in [0.25, 0.3) is 0 Å². The molecule has 1 N–H and O–H groups in total. The van der Waals surface area contributed by atoms with Crippen molar-refractivity contribution in [2.75, 3.05) is 26.8 Å². The molecule has 0 bridgehead atoms. The van der Waals surface area contributed by atoms with E-state index >= 15 is 0 Å². The molecule has 0 fully saturated rings. The van der Waals surface area contributed by atoms with E-state index in [0.29, 0.717) is 6.10 Å². The molecule has 0 radical (unpaired) electrons. The van der Waals surface area contributed by atoms with Crippen LogP contribution in [0.1, 0.15) is 33.1 Å². The SMILES string of the molecule is CCC(C)OCCCNCCC[Si](C)(C)OC. The molecule has 0 aromatic carbocycles. The number of hydrogen-bond donors (Lipinski definition) is 1. The summed E-state index contributed by atoms with van der Waals surface area (Å²) < 4.78 is 11.1. The molecule has 0 saturated heterocycles. The van der Waals surface area contributed by atoms with Gasteiger partial charge in [0.05, 0.1) is 6.10 Å². The van der Waals surface area contributed by atoms with E-state index in [9.17, 15) is 0 Å². The zero-order valence-corrected chi connectivity index (χ0v) is 13.3. The fraction of sp³-hybridized carbons (Fsp3) is 1.00. The fourth-order valence-electron chi connectivity index (χ4n) is 1.47. The summed E-state index contributed by atoms with van der Waals surface area (Å²) >= 11 is 0. The average molecular weight is 261 g/mol. The molecule has 0 aliphatic carbocycles. The summed E-state index contributed by atoms with van der Waals surface area (Å²) in [6.45, 7) is 11.9. The second kappa shape index (κ2) is 10.1. The Hall–Kier alpha value is 0.0969. The van der Waals surface area contributed by atoms with Crippen molar-refractivity contribution in [1.29, 1.82) is 0 Å². The Balaban J connectivity index is 3.19. The van der Waals surface area contributed by atoms with Gasteiger partial charge in [0.2, 0.25) is 0 Å². The summed E-state index contributed by atoms with van der Waals surface area (Å²) in [5, 5.41) is 3.46. The average Bonchev–Trinajstić information content (AvgIpc) is 2.32. The van der Waals surface area contributed by atoms with E-state index in [1.54, 1.807) is 0 Å². The van der Waals surface area contributed by atoms with E-state index in [0.717, 1.165) is 32.5 Å². The molecule has 0 aliphatic heterocycles. The van der Waals surface area contributed by atoms with E-state index in [2.05, 4.69) is 32.3 Å². The van der Waals surface area contributed by atoms with Crippen molar-refractivity contribution < 1.29 is 9.16 Å². The van der Waals surface area contributed by atoms with Crippen LogP contribution in [0.3, 0.4) is 0 Å².